The van der Waals surface area contributed by atoms with E-state index in [0.717, 1.165) is 10.0 Å². The van der Waals surface area contributed by atoms with Crippen LogP contribution in [0.25, 0.3) is 0 Å². The monoisotopic (exact) mass is 299 g/mol. The van der Waals surface area contributed by atoms with Crippen LogP contribution in [-0.4, -0.2) is 17.1 Å². The summed E-state index contributed by atoms with van der Waals surface area (Å²) in [5.41, 5.74) is 1.07. The molecule has 0 fully saturated rings. The number of hydrogen-bond donors (Lipinski definition) is 2. The molecule has 0 amide bonds. The second-order valence-corrected chi connectivity index (χ2v) is 5.35. The molecule has 0 unspecified atom stereocenters. The van der Waals surface area contributed by atoms with Crippen LogP contribution in [0.3, 0.4) is 0 Å². The molecular formula is C13H18BrNO2. The SMILES string of the molecule is CC(C)C[C@@H](NCc1ccccc1Br)C(=O)O. The molecule has 0 aliphatic carbocycles. The molecule has 0 aliphatic heterocycles. The molecule has 0 aliphatic rings. The summed E-state index contributed by atoms with van der Waals surface area (Å²) in [6.07, 6.45) is 0.639. The van der Waals surface area contributed by atoms with Crippen molar-refractivity contribution >= 4 is 21.9 Å². The lowest BCUT2D eigenvalue weighted by molar-refractivity contribution is -0.140. The van der Waals surface area contributed by atoms with Gasteiger partial charge in [0.1, 0.15) is 6.04 Å². The van der Waals surface area contributed by atoms with E-state index in [1.807, 2.05) is 38.1 Å². The van der Waals surface area contributed by atoms with E-state index in [1.54, 1.807) is 0 Å². The van der Waals surface area contributed by atoms with Gasteiger partial charge in [0.15, 0.2) is 0 Å². The minimum atomic E-state index is -0.786. The summed E-state index contributed by atoms with van der Waals surface area (Å²) in [6.45, 7) is 4.61. The molecule has 0 spiro atoms. The van der Waals surface area contributed by atoms with Crippen molar-refractivity contribution in [3.8, 4) is 0 Å². The van der Waals surface area contributed by atoms with Gasteiger partial charge in [0, 0.05) is 11.0 Å². The van der Waals surface area contributed by atoms with E-state index in [1.165, 1.54) is 0 Å². The van der Waals surface area contributed by atoms with Gasteiger partial charge in [-0.2, -0.15) is 0 Å². The van der Waals surface area contributed by atoms with Crippen molar-refractivity contribution in [2.75, 3.05) is 0 Å². The Morgan fingerprint density at radius 3 is 2.59 bits per heavy atom. The maximum absolute atomic E-state index is 11.1. The number of aliphatic carboxylic acids is 1. The summed E-state index contributed by atoms with van der Waals surface area (Å²) in [5.74, 6) is -0.423. The highest BCUT2D eigenvalue weighted by molar-refractivity contribution is 9.10. The maximum atomic E-state index is 11.1. The molecule has 0 saturated heterocycles. The average molecular weight is 300 g/mol. The van der Waals surface area contributed by atoms with Crippen molar-refractivity contribution in [3.05, 3.63) is 34.3 Å². The molecule has 3 nitrogen and oxygen atoms in total. The smallest absolute Gasteiger partial charge is 0.320 e. The Labute approximate surface area is 110 Å². The fourth-order valence-corrected chi connectivity index (χ4v) is 2.04. The Balaban J connectivity index is 2.58. The molecule has 1 aromatic carbocycles. The largest absolute Gasteiger partial charge is 0.480 e. The molecule has 94 valence electrons. The zero-order chi connectivity index (χ0) is 12.8. The van der Waals surface area contributed by atoms with Gasteiger partial charge < -0.3 is 10.4 Å². The van der Waals surface area contributed by atoms with E-state index in [9.17, 15) is 4.79 Å². The Morgan fingerprint density at radius 1 is 1.41 bits per heavy atom. The van der Waals surface area contributed by atoms with Crippen molar-refractivity contribution in [2.45, 2.75) is 32.9 Å². The van der Waals surface area contributed by atoms with Gasteiger partial charge in [-0.05, 0) is 24.0 Å². The number of hydrogen-bond acceptors (Lipinski definition) is 2. The lowest BCUT2D eigenvalue weighted by Crippen LogP contribution is -2.37. The van der Waals surface area contributed by atoms with E-state index >= 15 is 0 Å². The molecular weight excluding hydrogens is 282 g/mol. The summed E-state index contributed by atoms with van der Waals surface area (Å²) in [5, 5.41) is 12.2. The van der Waals surface area contributed by atoms with Crippen LogP contribution in [0.15, 0.2) is 28.7 Å². The van der Waals surface area contributed by atoms with Crippen molar-refractivity contribution in [2.24, 2.45) is 5.92 Å². The van der Waals surface area contributed by atoms with Crippen LogP contribution in [0, 0.1) is 5.92 Å². The van der Waals surface area contributed by atoms with Crippen LogP contribution < -0.4 is 5.32 Å². The minimum Gasteiger partial charge on any atom is -0.480 e. The molecule has 2 N–H and O–H groups in total. The lowest BCUT2D eigenvalue weighted by atomic mass is 10.0. The first-order chi connectivity index (χ1) is 8.00. The van der Waals surface area contributed by atoms with Gasteiger partial charge in [0.2, 0.25) is 0 Å². The van der Waals surface area contributed by atoms with Gasteiger partial charge in [-0.25, -0.2) is 0 Å². The fourth-order valence-electron chi connectivity index (χ4n) is 1.62. The second-order valence-electron chi connectivity index (χ2n) is 4.49. The van der Waals surface area contributed by atoms with Crippen molar-refractivity contribution in [1.29, 1.82) is 0 Å². The van der Waals surface area contributed by atoms with E-state index in [2.05, 4.69) is 21.2 Å². The first-order valence-corrected chi connectivity index (χ1v) is 6.49. The fraction of sp³-hybridized carbons (Fsp3) is 0.462. The second kappa shape index (κ2) is 6.77. The third kappa shape index (κ3) is 4.88. The van der Waals surface area contributed by atoms with E-state index < -0.39 is 12.0 Å². The average Bonchev–Trinajstić information content (AvgIpc) is 2.25. The number of halogens is 1. The van der Waals surface area contributed by atoms with Crippen molar-refractivity contribution in [3.63, 3.8) is 0 Å². The number of nitrogens with one attached hydrogen (secondary N) is 1. The molecule has 0 bridgehead atoms. The molecule has 1 atom stereocenters. The molecule has 17 heavy (non-hydrogen) atoms. The van der Waals surface area contributed by atoms with Crippen molar-refractivity contribution < 1.29 is 9.90 Å². The van der Waals surface area contributed by atoms with Gasteiger partial charge in [0.05, 0.1) is 0 Å². The summed E-state index contributed by atoms with van der Waals surface area (Å²) in [7, 11) is 0. The standard InChI is InChI=1S/C13H18BrNO2/c1-9(2)7-12(13(16)17)15-8-10-5-3-4-6-11(10)14/h3-6,9,12,15H,7-8H2,1-2H3,(H,16,17)/t12-/m1/s1. The van der Waals surface area contributed by atoms with Crippen LogP contribution in [0.4, 0.5) is 0 Å². The number of carboxylic acid groups (broad SMARTS) is 1. The van der Waals surface area contributed by atoms with E-state index in [4.69, 9.17) is 5.11 Å². The number of carbonyl (C=O) groups is 1. The topological polar surface area (TPSA) is 49.3 Å². The summed E-state index contributed by atoms with van der Waals surface area (Å²) in [6, 6.07) is 7.33. The minimum absolute atomic E-state index is 0.364. The number of benzene rings is 1. The molecule has 0 aromatic heterocycles. The van der Waals surface area contributed by atoms with Gasteiger partial charge in [0.25, 0.3) is 0 Å². The van der Waals surface area contributed by atoms with Crippen LogP contribution in [0.2, 0.25) is 0 Å². The van der Waals surface area contributed by atoms with Gasteiger partial charge in [-0.3, -0.25) is 4.79 Å². The Morgan fingerprint density at radius 2 is 2.06 bits per heavy atom. The molecule has 1 rings (SSSR count). The van der Waals surface area contributed by atoms with Crippen LogP contribution >= 0.6 is 15.9 Å². The van der Waals surface area contributed by atoms with Gasteiger partial charge in [-0.15, -0.1) is 0 Å². The predicted octanol–water partition coefficient (Wildman–Crippen LogP) is 3.04. The first kappa shape index (κ1) is 14.2. The van der Waals surface area contributed by atoms with Crippen LogP contribution in [0.1, 0.15) is 25.8 Å². The maximum Gasteiger partial charge on any atom is 0.320 e. The summed E-state index contributed by atoms with van der Waals surface area (Å²) >= 11 is 3.45. The quantitative estimate of drug-likeness (QED) is 0.849. The lowest BCUT2D eigenvalue weighted by Gasteiger charge is -2.16. The van der Waals surface area contributed by atoms with E-state index in [0.29, 0.717) is 18.9 Å². The highest BCUT2D eigenvalue weighted by Crippen LogP contribution is 2.16. The third-order valence-corrected chi connectivity index (χ3v) is 3.28. The highest BCUT2D eigenvalue weighted by Gasteiger charge is 2.18. The van der Waals surface area contributed by atoms with Crippen LogP contribution in [-0.2, 0) is 11.3 Å². The molecule has 4 heteroatoms. The highest BCUT2D eigenvalue weighted by atomic mass is 79.9. The van der Waals surface area contributed by atoms with E-state index in [-0.39, 0.29) is 0 Å². The van der Waals surface area contributed by atoms with Crippen molar-refractivity contribution in [1.82, 2.24) is 5.32 Å². The summed E-state index contributed by atoms with van der Waals surface area (Å²) < 4.78 is 1.00. The molecule has 0 heterocycles. The third-order valence-electron chi connectivity index (χ3n) is 2.50. The zero-order valence-electron chi connectivity index (χ0n) is 10.1. The molecule has 0 saturated carbocycles. The number of carboxylic acids is 1. The number of rotatable bonds is 6. The van der Waals surface area contributed by atoms with Crippen LogP contribution in [0.5, 0.6) is 0 Å². The summed E-state index contributed by atoms with van der Waals surface area (Å²) in [4.78, 5) is 11.1. The molecule has 1 aromatic rings. The van der Waals surface area contributed by atoms with Gasteiger partial charge in [-0.1, -0.05) is 48.0 Å². The Bertz CT molecular complexity index is 379. The molecule has 0 radical (unpaired) electrons. The zero-order valence-corrected chi connectivity index (χ0v) is 11.7. The Kier molecular flexibility index (Phi) is 5.65. The first-order valence-electron chi connectivity index (χ1n) is 5.70. The van der Waals surface area contributed by atoms with Gasteiger partial charge >= 0.3 is 5.97 Å². The Hall–Kier alpha value is -0.870. The normalized spacial score (nSPS) is 12.7. The predicted molar refractivity (Wildman–Crippen MR) is 71.9 cm³/mol.